The van der Waals surface area contributed by atoms with Crippen LogP contribution in [0.1, 0.15) is 34.2 Å². The average molecular weight is 369 g/mol. The second-order valence-corrected chi connectivity index (χ2v) is 7.58. The summed E-state index contributed by atoms with van der Waals surface area (Å²) in [5.74, 6) is 0.241. The summed E-state index contributed by atoms with van der Waals surface area (Å²) >= 11 is 1.43. The van der Waals surface area contributed by atoms with Gasteiger partial charge < -0.3 is 16.0 Å². The van der Waals surface area contributed by atoms with Crippen LogP contribution in [0.4, 0.5) is 5.95 Å². The normalized spacial score (nSPS) is 15.7. The Bertz CT molecular complexity index is 952. The number of fused-ring (bicyclic) bond motifs is 1. The highest BCUT2D eigenvalue weighted by Gasteiger charge is 2.31. The highest BCUT2D eigenvalue weighted by molar-refractivity contribution is 7.18. The van der Waals surface area contributed by atoms with Crippen molar-refractivity contribution in [1.29, 1.82) is 0 Å². The molecule has 0 spiro atoms. The monoisotopic (exact) mass is 369 g/mol. The second-order valence-electron chi connectivity index (χ2n) is 6.37. The van der Waals surface area contributed by atoms with E-state index in [1.165, 1.54) is 11.3 Å². The first-order chi connectivity index (χ1) is 12.5. The number of carbonyl (C=O) groups is 1. The fraction of sp³-hybridized carbons (Fsp3) is 0.353. The molecule has 1 fully saturated rings. The molecule has 8 nitrogen and oxygen atoms in total. The van der Waals surface area contributed by atoms with Gasteiger partial charge in [0.25, 0.3) is 5.91 Å². The van der Waals surface area contributed by atoms with Crippen molar-refractivity contribution in [2.24, 2.45) is 5.73 Å². The van der Waals surface area contributed by atoms with E-state index in [1.807, 2.05) is 32.0 Å². The van der Waals surface area contributed by atoms with Crippen LogP contribution in [0.5, 0.6) is 0 Å². The van der Waals surface area contributed by atoms with Crippen molar-refractivity contribution in [2.75, 3.05) is 18.4 Å². The Morgan fingerprint density at radius 3 is 2.85 bits per heavy atom. The van der Waals surface area contributed by atoms with Crippen molar-refractivity contribution in [3.63, 3.8) is 0 Å². The molecule has 0 aliphatic carbocycles. The number of thiazole rings is 1. The molecule has 0 aromatic carbocycles. The fourth-order valence-corrected chi connectivity index (χ4v) is 3.71. The van der Waals surface area contributed by atoms with Crippen LogP contribution < -0.4 is 11.1 Å². The molecule has 1 aliphatic heterocycles. The molecule has 0 radical (unpaired) electrons. The van der Waals surface area contributed by atoms with Crippen LogP contribution in [0.2, 0.25) is 0 Å². The van der Waals surface area contributed by atoms with E-state index in [-0.39, 0.29) is 18.0 Å². The van der Waals surface area contributed by atoms with Crippen LogP contribution in [0.15, 0.2) is 24.4 Å². The van der Waals surface area contributed by atoms with Gasteiger partial charge in [0.2, 0.25) is 5.95 Å². The molecule has 0 saturated carbocycles. The van der Waals surface area contributed by atoms with Crippen molar-refractivity contribution < 1.29 is 4.79 Å². The lowest BCUT2D eigenvalue weighted by Gasteiger charge is -2.36. The third kappa shape index (κ3) is 3.11. The van der Waals surface area contributed by atoms with Crippen LogP contribution in [-0.2, 0) is 0 Å². The van der Waals surface area contributed by atoms with E-state index in [9.17, 15) is 4.79 Å². The number of amides is 1. The van der Waals surface area contributed by atoms with E-state index in [2.05, 4.69) is 25.3 Å². The molecule has 1 saturated heterocycles. The molecular formula is C17H19N7OS. The number of nitrogens with zero attached hydrogens (tertiary/aromatic N) is 5. The first-order valence-corrected chi connectivity index (χ1v) is 9.20. The van der Waals surface area contributed by atoms with Crippen LogP contribution in [-0.4, -0.2) is 49.9 Å². The lowest BCUT2D eigenvalue weighted by atomic mass is 10.1. The standard InChI is InChI=1S/C17H19N7OS/c1-9(12-5-3-4-6-19-12)20-17-22-13(16(25)24-7-11(18)8-24)14-15(23-17)21-10(2)26-14/h3-6,9,11H,7-8,18H2,1-2H3,(H,20,22,23)/t9-/m0/s1. The van der Waals surface area contributed by atoms with Gasteiger partial charge in [0.15, 0.2) is 11.3 Å². The van der Waals surface area contributed by atoms with E-state index in [4.69, 9.17) is 5.73 Å². The van der Waals surface area contributed by atoms with Gasteiger partial charge in [0.1, 0.15) is 4.70 Å². The predicted octanol–water partition coefficient (Wildman–Crippen LogP) is 1.75. The molecule has 4 heterocycles. The summed E-state index contributed by atoms with van der Waals surface area (Å²) in [5, 5.41) is 4.07. The molecule has 0 unspecified atom stereocenters. The predicted molar refractivity (Wildman–Crippen MR) is 100 cm³/mol. The molecule has 1 amide bonds. The van der Waals surface area contributed by atoms with Gasteiger partial charge in [-0.15, -0.1) is 11.3 Å². The summed E-state index contributed by atoms with van der Waals surface area (Å²) in [4.78, 5) is 32.3. The lowest BCUT2D eigenvalue weighted by molar-refractivity contribution is 0.0604. The minimum Gasteiger partial charge on any atom is -0.346 e. The van der Waals surface area contributed by atoms with Gasteiger partial charge in [-0.3, -0.25) is 9.78 Å². The summed E-state index contributed by atoms with van der Waals surface area (Å²) in [5.41, 5.74) is 7.59. The van der Waals surface area contributed by atoms with E-state index >= 15 is 0 Å². The molecule has 3 aromatic rings. The Balaban J connectivity index is 1.68. The molecule has 26 heavy (non-hydrogen) atoms. The fourth-order valence-electron chi connectivity index (χ4n) is 2.87. The highest BCUT2D eigenvalue weighted by Crippen LogP contribution is 2.27. The van der Waals surface area contributed by atoms with Gasteiger partial charge in [-0.2, -0.15) is 4.98 Å². The van der Waals surface area contributed by atoms with E-state index in [0.29, 0.717) is 35.1 Å². The number of hydrogen-bond acceptors (Lipinski definition) is 8. The zero-order valence-electron chi connectivity index (χ0n) is 14.5. The molecule has 0 bridgehead atoms. The van der Waals surface area contributed by atoms with Gasteiger partial charge >= 0.3 is 0 Å². The molecule has 3 N–H and O–H groups in total. The average Bonchev–Trinajstić information content (AvgIpc) is 2.98. The topological polar surface area (TPSA) is 110 Å². The summed E-state index contributed by atoms with van der Waals surface area (Å²) < 4.78 is 0.712. The largest absolute Gasteiger partial charge is 0.346 e. The maximum atomic E-state index is 12.8. The summed E-state index contributed by atoms with van der Waals surface area (Å²) in [6.45, 7) is 4.96. The number of anilines is 1. The Morgan fingerprint density at radius 2 is 2.15 bits per heavy atom. The van der Waals surface area contributed by atoms with Gasteiger partial charge in [-0.1, -0.05) is 6.07 Å². The van der Waals surface area contributed by atoms with E-state index in [0.717, 1.165) is 10.7 Å². The maximum Gasteiger partial charge on any atom is 0.274 e. The van der Waals surface area contributed by atoms with Crippen molar-refractivity contribution in [3.05, 3.63) is 40.8 Å². The van der Waals surface area contributed by atoms with Gasteiger partial charge in [-0.25, -0.2) is 9.97 Å². The van der Waals surface area contributed by atoms with Crippen molar-refractivity contribution >= 4 is 33.5 Å². The molecule has 9 heteroatoms. The number of rotatable bonds is 4. The van der Waals surface area contributed by atoms with Crippen LogP contribution >= 0.6 is 11.3 Å². The van der Waals surface area contributed by atoms with Crippen LogP contribution in [0.3, 0.4) is 0 Å². The zero-order chi connectivity index (χ0) is 18.3. The third-order valence-corrected chi connectivity index (χ3v) is 5.20. The third-order valence-electron chi connectivity index (χ3n) is 4.24. The Morgan fingerprint density at radius 1 is 1.35 bits per heavy atom. The zero-order valence-corrected chi connectivity index (χ0v) is 15.3. The van der Waals surface area contributed by atoms with Crippen molar-refractivity contribution in [3.8, 4) is 0 Å². The number of likely N-dealkylation sites (tertiary alicyclic amines) is 1. The molecule has 3 aromatic heterocycles. The van der Waals surface area contributed by atoms with Crippen molar-refractivity contribution in [2.45, 2.75) is 25.9 Å². The van der Waals surface area contributed by atoms with Gasteiger partial charge in [0.05, 0.1) is 16.7 Å². The molecule has 4 rings (SSSR count). The first-order valence-electron chi connectivity index (χ1n) is 8.39. The van der Waals surface area contributed by atoms with Gasteiger partial charge in [-0.05, 0) is 26.0 Å². The number of carbonyl (C=O) groups excluding carboxylic acids is 1. The van der Waals surface area contributed by atoms with Crippen LogP contribution in [0, 0.1) is 6.92 Å². The molecular weight excluding hydrogens is 350 g/mol. The first kappa shape index (κ1) is 16.8. The smallest absolute Gasteiger partial charge is 0.274 e. The molecule has 1 atom stereocenters. The number of aryl methyl sites for hydroxylation is 1. The van der Waals surface area contributed by atoms with Gasteiger partial charge in [0, 0.05) is 25.3 Å². The minimum absolute atomic E-state index is 0.0428. The maximum absolute atomic E-state index is 12.8. The summed E-state index contributed by atoms with van der Waals surface area (Å²) in [7, 11) is 0. The van der Waals surface area contributed by atoms with Crippen molar-refractivity contribution in [1.82, 2.24) is 24.8 Å². The quantitative estimate of drug-likeness (QED) is 0.721. The number of aromatic nitrogens is 4. The Kier molecular flexibility index (Phi) is 4.25. The minimum atomic E-state index is -0.128. The summed E-state index contributed by atoms with van der Waals surface area (Å²) in [6, 6.07) is 5.66. The van der Waals surface area contributed by atoms with E-state index in [1.54, 1.807) is 11.1 Å². The number of hydrogen-bond donors (Lipinski definition) is 2. The molecule has 134 valence electrons. The number of nitrogens with one attached hydrogen (secondary N) is 1. The lowest BCUT2D eigenvalue weighted by Crippen LogP contribution is -2.58. The highest BCUT2D eigenvalue weighted by atomic mass is 32.1. The molecule has 1 aliphatic rings. The number of nitrogens with two attached hydrogens (primary N) is 1. The van der Waals surface area contributed by atoms with E-state index < -0.39 is 0 Å². The second kappa shape index (κ2) is 6.58. The summed E-state index contributed by atoms with van der Waals surface area (Å²) in [6.07, 6.45) is 1.74. The Labute approximate surface area is 154 Å². The van der Waals surface area contributed by atoms with Crippen LogP contribution in [0.25, 0.3) is 10.3 Å². The number of pyridine rings is 1. The SMILES string of the molecule is Cc1nc2nc(N[C@@H](C)c3ccccn3)nc(C(=O)N3CC(N)C3)c2s1. The Hall–Kier alpha value is -2.65.